The maximum atomic E-state index is 6.14. The minimum absolute atomic E-state index is 0.205. The lowest BCUT2D eigenvalue weighted by atomic mass is 10.1. The number of imidazole rings is 1. The SMILES string of the molecule is C#CCn1c(C2CC2)nc(C(C)COC)c1N. The molecular weight excluding hydrogens is 214 g/mol. The number of hydrogen-bond donors (Lipinski definition) is 1. The topological polar surface area (TPSA) is 53.1 Å². The molecule has 0 aromatic carbocycles. The van der Waals surface area contributed by atoms with E-state index in [1.54, 1.807) is 7.11 Å². The second-order valence-electron chi connectivity index (χ2n) is 4.66. The van der Waals surface area contributed by atoms with Crippen molar-refractivity contribution in [3.8, 4) is 12.3 Å². The van der Waals surface area contributed by atoms with Gasteiger partial charge in [-0.25, -0.2) is 4.98 Å². The van der Waals surface area contributed by atoms with Gasteiger partial charge in [-0.1, -0.05) is 12.8 Å². The molecule has 0 amide bonds. The highest BCUT2D eigenvalue weighted by Gasteiger charge is 2.31. The van der Waals surface area contributed by atoms with Gasteiger partial charge in [0, 0.05) is 18.9 Å². The maximum Gasteiger partial charge on any atom is 0.128 e. The molecule has 0 bridgehead atoms. The Labute approximate surface area is 102 Å². The second-order valence-corrected chi connectivity index (χ2v) is 4.66. The monoisotopic (exact) mass is 233 g/mol. The molecule has 0 saturated heterocycles. The van der Waals surface area contributed by atoms with Crippen LogP contribution >= 0.6 is 0 Å². The second kappa shape index (κ2) is 4.80. The molecule has 1 saturated carbocycles. The van der Waals surface area contributed by atoms with Crippen molar-refractivity contribution in [1.29, 1.82) is 0 Å². The third-order valence-electron chi connectivity index (χ3n) is 3.14. The molecule has 1 fully saturated rings. The first-order valence-corrected chi connectivity index (χ1v) is 5.97. The van der Waals surface area contributed by atoms with Crippen molar-refractivity contribution >= 4 is 5.82 Å². The first-order chi connectivity index (χ1) is 8.19. The Hall–Kier alpha value is -1.47. The van der Waals surface area contributed by atoms with Gasteiger partial charge in [0.15, 0.2) is 0 Å². The smallest absolute Gasteiger partial charge is 0.128 e. The molecule has 1 atom stereocenters. The third-order valence-corrected chi connectivity index (χ3v) is 3.14. The van der Waals surface area contributed by atoms with Crippen LogP contribution in [0.25, 0.3) is 0 Å². The van der Waals surface area contributed by atoms with Gasteiger partial charge in [-0.2, -0.15) is 0 Å². The van der Waals surface area contributed by atoms with Crippen LogP contribution in [-0.2, 0) is 11.3 Å². The van der Waals surface area contributed by atoms with Crippen molar-refractivity contribution in [3.05, 3.63) is 11.5 Å². The van der Waals surface area contributed by atoms with Gasteiger partial charge in [0.1, 0.15) is 11.6 Å². The fourth-order valence-corrected chi connectivity index (χ4v) is 2.10. The molecule has 1 aliphatic rings. The Kier molecular flexibility index (Phi) is 3.39. The average molecular weight is 233 g/mol. The van der Waals surface area contributed by atoms with Gasteiger partial charge in [-0.05, 0) is 12.8 Å². The molecule has 0 spiro atoms. The van der Waals surface area contributed by atoms with Gasteiger partial charge in [0.05, 0.1) is 18.8 Å². The Balaban J connectivity index is 2.33. The molecule has 4 nitrogen and oxygen atoms in total. The summed E-state index contributed by atoms with van der Waals surface area (Å²) in [5.41, 5.74) is 7.06. The van der Waals surface area contributed by atoms with E-state index in [1.807, 2.05) is 4.57 Å². The van der Waals surface area contributed by atoms with Crippen LogP contribution in [0.5, 0.6) is 0 Å². The number of ether oxygens (including phenoxy) is 1. The summed E-state index contributed by atoms with van der Waals surface area (Å²) < 4.78 is 7.12. The number of rotatable bonds is 5. The highest BCUT2D eigenvalue weighted by molar-refractivity contribution is 5.42. The van der Waals surface area contributed by atoms with E-state index in [4.69, 9.17) is 16.9 Å². The fraction of sp³-hybridized carbons (Fsp3) is 0.615. The molecular formula is C13H19N3O. The van der Waals surface area contributed by atoms with Gasteiger partial charge in [-0.15, -0.1) is 6.42 Å². The number of aromatic nitrogens is 2. The molecule has 1 aliphatic carbocycles. The normalized spacial score (nSPS) is 16.8. The summed E-state index contributed by atoms with van der Waals surface area (Å²) in [4.78, 5) is 4.67. The lowest BCUT2D eigenvalue weighted by molar-refractivity contribution is 0.183. The number of nitrogens with zero attached hydrogens (tertiary/aromatic N) is 2. The van der Waals surface area contributed by atoms with Crippen LogP contribution in [0.3, 0.4) is 0 Å². The van der Waals surface area contributed by atoms with E-state index in [1.165, 1.54) is 12.8 Å². The van der Waals surface area contributed by atoms with Gasteiger partial charge in [0.25, 0.3) is 0 Å². The van der Waals surface area contributed by atoms with Gasteiger partial charge in [0.2, 0.25) is 0 Å². The van der Waals surface area contributed by atoms with Crippen molar-refractivity contribution in [2.24, 2.45) is 0 Å². The number of hydrogen-bond acceptors (Lipinski definition) is 3. The quantitative estimate of drug-likeness (QED) is 0.788. The molecule has 4 heteroatoms. The fourth-order valence-electron chi connectivity index (χ4n) is 2.10. The van der Waals surface area contributed by atoms with Gasteiger partial charge in [-0.3, -0.25) is 0 Å². The van der Waals surface area contributed by atoms with E-state index in [-0.39, 0.29) is 5.92 Å². The molecule has 1 unspecified atom stereocenters. The number of nitrogens with two attached hydrogens (primary N) is 1. The zero-order valence-electron chi connectivity index (χ0n) is 10.4. The minimum atomic E-state index is 0.205. The average Bonchev–Trinajstić information content (AvgIpc) is 3.08. The Bertz CT molecular complexity index is 440. The van der Waals surface area contributed by atoms with Crippen LogP contribution in [0.15, 0.2) is 0 Å². The van der Waals surface area contributed by atoms with Crippen molar-refractivity contribution in [2.45, 2.75) is 38.1 Å². The van der Waals surface area contributed by atoms with Crippen LogP contribution in [0.2, 0.25) is 0 Å². The summed E-state index contributed by atoms with van der Waals surface area (Å²) in [6, 6.07) is 0. The van der Waals surface area contributed by atoms with Crippen LogP contribution in [0, 0.1) is 12.3 Å². The first kappa shape index (κ1) is 12.0. The number of terminal acetylenes is 1. The first-order valence-electron chi connectivity index (χ1n) is 5.97. The summed E-state index contributed by atoms with van der Waals surface area (Å²) in [5.74, 6) is 5.16. The van der Waals surface area contributed by atoms with E-state index in [9.17, 15) is 0 Å². The van der Waals surface area contributed by atoms with Crippen LogP contribution in [0.1, 0.15) is 43.1 Å². The van der Waals surface area contributed by atoms with E-state index in [2.05, 4.69) is 17.8 Å². The number of methoxy groups -OCH3 is 1. The molecule has 0 radical (unpaired) electrons. The van der Waals surface area contributed by atoms with Crippen LogP contribution in [0.4, 0.5) is 5.82 Å². The molecule has 1 aromatic rings. The molecule has 1 aromatic heterocycles. The maximum absolute atomic E-state index is 6.14. The van der Waals surface area contributed by atoms with Gasteiger partial charge >= 0.3 is 0 Å². The predicted octanol–water partition coefficient (Wildman–Crippen LogP) is 1.73. The molecule has 1 heterocycles. The molecule has 2 N–H and O–H groups in total. The zero-order valence-corrected chi connectivity index (χ0v) is 10.4. The Morgan fingerprint density at radius 3 is 2.88 bits per heavy atom. The molecule has 92 valence electrons. The Morgan fingerprint density at radius 1 is 1.65 bits per heavy atom. The molecule has 17 heavy (non-hydrogen) atoms. The lowest BCUT2D eigenvalue weighted by Crippen LogP contribution is -2.08. The summed E-state index contributed by atoms with van der Waals surface area (Å²) in [5, 5.41) is 0. The highest BCUT2D eigenvalue weighted by atomic mass is 16.5. The standard InChI is InChI=1S/C13H19N3O/c1-4-7-16-12(14)11(9(2)8-17-3)15-13(16)10-5-6-10/h1,9-10H,5-8,14H2,2-3H3. The van der Waals surface area contributed by atoms with Crippen LogP contribution < -0.4 is 5.73 Å². The zero-order chi connectivity index (χ0) is 12.4. The van der Waals surface area contributed by atoms with Crippen molar-refractivity contribution in [3.63, 3.8) is 0 Å². The number of nitrogen functional groups attached to an aromatic ring is 1. The summed E-state index contributed by atoms with van der Waals surface area (Å²) >= 11 is 0. The van der Waals surface area contributed by atoms with E-state index < -0.39 is 0 Å². The Morgan fingerprint density at radius 2 is 2.35 bits per heavy atom. The lowest BCUT2D eigenvalue weighted by Gasteiger charge is -2.08. The van der Waals surface area contributed by atoms with Crippen molar-refractivity contribution < 1.29 is 4.74 Å². The molecule has 0 aliphatic heterocycles. The van der Waals surface area contributed by atoms with E-state index >= 15 is 0 Å². The van der Waals surface area contributed by atoms with E-state index in [0.29, 0.717) is 24.9 Å². The largest absolute Gasteiger partial charge is 0.384 e. The summed E-state index contributed by atoms with van der Waals surface area (Å²) in [6.07, 6.45) is 7.77. The van der Waals surface area contributed by atoms with Gasteiger partial charge < -0.3 is 15.0 Å². The summed E-state index contributed by atoms with van der Waals surface area (Å²) in [6.45, 7) is 3.20. The molecule has 2 rings (SSSR count). The highest BCUT2D eigenvalue weighted by Crippen LogP contribution is 2.41. The minimum Gasteiger partial charge on any atom is -0.384 e. The third kappa shape index (κ3) is 2.29. The summed E-state index contributed by atoms with van der Waals surface area (Å²) in [7, 11) is 1.69. The predicted molar refractivity (Wildman–Crippen MR) is 67.7 cm³/mol. The van der Waals surface area contributed by atoms with Crippen LogP contribution in [-0.4, -0.2) is 23.3 Å². The van der Waals surface area contributed by atoms with Crippen molar-refractivity contribution in [1.82, 2.24) is 9.55 Å². The van der Waals surface area contributed by atoms with E-state index in [0.717, 1.165) is 11.5 Å². The van der Waals surface area contributed by atoms with Crippen molar-refractivity contribution in [2.75, 3.05) is 19.5 Å². The number of anilines is 1.